The predicted octanol–water partition coefficient (Wildman–Crippen LogP) is 1.02. The summed E-state index contributed by atoms with van der Waals surface area (Å²) < 4.78 is 2.35. The first-order valence-corrected chi connectivity index (χ1v) is 5.86. The van der Waals surface area contributed by atoms with Gasteiger partial charge < -0.3 is 14.8 Å². The summed E-state index contributed by atoms with van der Waals surface area (Å²) in [5, 5.41) is 3.46. The number of nitrogens with zero attached hydrogens (tertiary/aromatic N) is 3. The van der Waals surface area contributed by atoms with Crippen molar-refractivity contribution < 1.29 is 0 Å². The van der Waals surface area contributed by atoms with Gasteiger partial charge in [-0.05, 0) is 19.8 Å². The van der Waals surface area contributed by atoms with Crippen LogP contribution in [0.4, 0.5) is 5.95 Å². The highest BCUT2D eigenvalue weighted by atomic mass is 15.3. The van der Waals surface area contributed by atoms with Gasteiger partial charge in [0.25, 0.3) is 0 Å². The minimum absolute atomic E-state index is 0.572. The average Bonchev–Trinajstić information content (AvgIpc) is 2.96. The van der Waals surface area contributed by atoms with Crippen molar-refractivity contribution in [2.24, 2.45) is 0 Å². The maximum atomic E-state index is 4.50. The Hall–Kier alpha value is -1.03. The van der Waals surface area contributed by atoms with Gasteiger partial charge in [-0.2, -0.15) is 0 Å². The molecule has 3 rings (SSSR count). The van der Waals surface area contributed by atoms with Gasteiger partial charge in [0.1, 0.15) is 0 Å². The molecule has 1 atom stereocenters. The number of aromatic nitrogens is 2. The molecule has 4 nitrogen and oxygen atoms in total. The van der Waals surface area contributed by atoms with Gasteiger partial charge in [-0.1, -0.05) is 0 Å². The van der Waals surface area contributed by atoms with E-state index in [9.17, 15) is 0 Å². The van der Waals surface area contributed by atoms with Gasteiger partial charge in [-0.25, -0.2) is 4.98 Å². The van der Waals surface area contributed by atoms with E-state index in [0.29, 0.717) is 6.04 Å². The topological polar surface area (TPSA) is 33.1 Å². The average molecular weight is 206 g/mol. The van der Waals surface area contributed by atoms with E-state index in [4.69, 9.17) is 0 Å². The van der Waals surface area contributed by atoms with Gasteiger partial charge in [-0.15, -0.1) is 0 Å². The molecule has 0 radical (unpaired) electrons. The number of imidazole rings is 1. The van der Waals surface area contributed by atoms with Crippen molar-refractivity contribution in [3.8, 4) is 0 Å². The number of anilines is 1. The molecule has 15 heavy (non-hydrogen) atoms. The number of hydrogen-bond acceptors (Lipinski definition) is 3. The molecular weight excluding hydrogens is 188 g/mol. The van der Waals surface area contributed by atoms with Crippen molar-refractivity contribution in [3.05, 3.63) is 12.4 Å². The minimum Gasteiger partial charge on any atom is -0.339 e. The maximum absolute atomic E-state index is 4.50. The Morgan fingerprint density at radius 2 is 2.33 bits per heavy atom. The molecule has 0 bridgehead atoms. The lowest BCUT2D eigenvalue weighted by Crippen LogP contribution is -2.50. The summed E-state index contributed by atoms with van der Waals surface area (Å²) in [5.74, 6) is 1.17. The maximum Gasteiger partial charge on any atom is 0.205 e. The summed E-state index contributed by atoms with van der Waals surface area (Å²) in [5.41, 5.74) is 0. The summed E-state index contributed by atoms with van der Waals surface area (Å²) in [6, 6.07) is 1.30. The van der Waals surface area contributed by atoms with Crippen molar-refractivity contribution in [1.82, 2.24) is 14.9 Å². The Balaban J connectivity index is 1.81. The molecule has 0 unspecified atom stereocenters. The highest BCUT2D eigenvalue weighted by Gasteiger charge is 2.28. The third-order valence-corrected chi connectivity index (χ3v) is 3.24. The van der Waals surface area contributed by atoms with E-state index >= 15 is 0 Å². The van der Waals surface area contributed by atoms with Crippen LogP contribution in [0, 0.1) is 0 Å². The normalized spacial score (nSPS) is 27.0. The molecule has 82 valence electrons. The molecule has 0 amide bonds. The van der Waals surface area contributed by atoms with Gasteiger partial charge in [0.05, 0.1) is 0 Å². The smallest absolute Gasteiger partial charge is 0.205 e. The third kappa shape index (κ3) is 1.74. The Morgan fingerprint density at radius 1 is 1.47 bits per heavy atom. The Labute approximate surface area is 90.3 Å². The molecule has 1 N–H and O–H groups in total. The highest BCUT2D eigenvalue weighted by Crippen LogP contribution is 2.37. The zero-order valence-electron chi connectivity index (χ0n) is 9.19. The third-order valence-electron chi connectivity index (χ3n) is 3.24. The zero-order chi connectivity index (χ0) is 10.3. The summed E-state index contributed by atoms with van der Waals surface area (Å²) >= 11 is 0. The number of nitrogens with one attached hydrogen (secondary N) is 1. The van der Waals surface area contributed by atoms with Crippen LogP contribution in [0.3, 0.4) is 0 Å². The first kappa shape index (κ1) is 9.21. The fourth-order valence-corrected chi connectivity index (χ4v) is 2.30. The zero-order valence-corrected chi connectivity index (χ0v) is 9.19. The Kier molecular flexibility index (Phi) is 2.16. The number of piperazine rings is 1. The Bertz CT molecular complexity index is 342. The first-order valence-electron chi connectivity index (χ1n) is 5.86. The molecule has 1 aromatic rings. The van der Waals surface area contributed by atoms with E-state index in [1.54, 1.807) is 0 Å². The van der Waals surface area contributed by atoms with Crippen LogP contribution in [0.2, 0.25) is 0 Å². The second kappa shape index (κ2) is 3.52. The van der Waals surface area contributed by atoms with Crippen molar-refractivity contribution in [1.29, 1.82) is 0 Å². The van der Waals surface area contributed by atoms with Crippen LogP contribution in [-0.2, 0) is 0 Å². The molecule has 2 aliphatic rings. The number of rotatable bonds is 2. The van der Waals surface area contributed by atoms with Crippen LogP contribution in [0.25, 0.3) is 0 Å². The quantitative estimate of drug-likeness (QED) is 0.784. The summed E-state index contributed by atoms with van der Waals surface area (Å²) in [4.78, 5) is 6.90. The lowest BCUT2D eigenvalue weighted by atomic mass is 10.2. The van der Waals surface area contributed by atoms with Gasteiger partial charge in [0.2, 0.25) is 5.95 Å². The predicted molar refractivity (Wildman–Crippen MR) is 60.2 cm³/mol. The van der Waals surface area contributed by atoms with Gasteiger partial charge in [0, 0.05) is 44.1 Å². The lowest BCUT2D eigenvalue weighted by molar-refractivity contribution is 0.474. The molecule has 1 saturated carbocycles. The summed E-state index contributed by atoms with van der Waals surface area (Å²) in [6.45, 7) is 5.45. The van der Waals surface area contributed by atoms with Gasteiger partial charge >= 0.3 is 0 Å². The van der Waals surface area contributed by atoms with E-state index in [1.807, 2.05) is 6.20 Å². The van der Waals surface area contributed by atoms with E-state index < -0.39 is 0 Å². The molecule has 2 fully saturated rings. The molecule has 0 aromatic carbocycles. The first-order chi connectivity index (χ1) is 7.34. The second-order valence-electron chi connectivity index (χ2n) is 4.67. The standard InChI is InChI=1S/C11H18N4/c1-9-8-14(6-4-12-9)11-13-5-7-15(11)10-2-3-10/h5,7,9-10,12H,2-4,6,8H2,1H3/t9-/m0/s1. The second-order valence-corrected chi connectivity index (χ2v) is 4.67. The van der Waals surface area contributed by atoms with E-state index in [-0.39, 0.29) is 0 Å². The fourth-order valence-electron chi connectivity index (χ4n) is 2.30. The minimum atomic E-state index is 0.572. The Morgan fingerprint density at radius 3 is 3.07 bits per heavy atom. The van der Waals surface area contributed by atoms with E-state index in [0.717, 1.165) is 25.7 Å². The van der Waals surface area contributed by atoms with E-state index in [2.05, 4.69) is 32.9 Å². The largest absolute Gasteiger partial charge is 0.339 e. The lowest BCUT2D eigenvalue weighted by Gasteiger charge is -2.32. The molecule has 1 saturated heterocycles. The monoisotopic (exact) mass is 206 g/mol. The van der Waals surface area contributed by atoms with Crippen LogP contribution < -0.4 is 10.2 Å². The molecule has 1 aliphatic carbocycles. The van der Waals surface area contributed by atoms with Crippen molar-refractivity contribution in [2.45, 2.75) is 31.8 Å². The molecule has 2 heterocycles. The highest BCUT2D eigenvalue weighted by molar-refractivity contribution is 5.34. The van der Waals surface area contributed by atoms with Crippen LogP contribution in [-0.4, -0.2) is 35.2 Å². The molecule has 1 aliphatic heterocycles. The van der Waals surface area contributed by atoms with Crippen molar-refractivity contribution in [3.63, 3.8) is 0 Å². The number of hydrogen-bond donors (Lipinski definition) is 1. The van der Waals surface area contributed by atoms with Crippen molar-refractivity contribution >= 4 is 5.95 Å². The summed E-state index contributed by atoms with van der Waals surface area (Å²) in [7, 11) is 0. The van der Waals surface area contributed by atoms with Crippen LogP contribution in [0.1, 0.15) is 25.8 Å². The SMILES string of the molecule is C[C@H]1CN(c2nccn2C2CC2)CCN1. The van der Waals surface area contributed by atoms with Crippen LogP contribution in [0.15, 0.2) is 12.4 Å². The molecule has 1 aromatic heterocycles. The van der Waals surface area contributed by atoms with Crippen molar-refractivity contribution in [2.75, 3.05) is 24.5 Å². The van der Waals surface area contributed by atoms with E-state index in [1.165, 1.54) is 18.8 Å². The summed E-state index contributed by atoms with van der Waals surface area (Å²) in [6.07, 6.45) is 6.70. The van der Waals surface area contributed by atoms with Crippen LogP contribution >= 0.6 is 0 Å². The molecular formula is C11H18N4. The van der Waals surface area contributed by atoms with Gasteiger partial charge in [-0.3, -0.25) is 0 Å². The fraction of sp³-hybridized carbons (Fsp3) is 0.727. The van der Waals surface area contributed by atoms with Gasteiger partial charge in [0.15, 0.2) is 0 Å². The molecule has 4 heteroatoms. The molecule has 0 spiro atoms. The van der Waals surface area contributed by atoms with Crippen LogP contribution in [0.5, 0.6) is 0 Å².